The Kier molecular flexibility index (Phi) is 7.57. The lowest BCUT2D eigenvalue weighted by molar-refractivity contribution is 0.0525. The van der Waals surface area contributed by atoms with Gasteiger partial charge in [0.2, 0.25) is 0 Å². The number of esters is 1. The van der Waals surface area contributed by atoms with Crippen LogP contribution in [0.5, 0.6) is 0 Å². The fourth-order valence-corrected chi connectivity index (χ4v) is 7.25. The van der Waals surface area contributed by atoms with Crippen LogP contribution in [-0.4, -0.2) is 45.1 Å². The van der Waals surface area contributed by atoms with Gasteiger partial charge in [-0.25, -0.2) is 9.59 Å². The Balaban J connectivity index is 1.65. The third-order valence-corrected chi connectivity index (χ3v) is 9.12. The Hall–Kier alpha value is -4.07. The van der Waals surface area contributed by atoms with E-state index >= 15 is 0 Å². The Bertz CT molecular complexity index is 1670. The normalized spacial score (nSPS) is 20.6. The van der Waals surface area contributed by atoms with E-state index < -0.39 is 17.5 Å². The molecule has 1 fully saturated rings. The van der Waals surface area contributed by atoms with Crippen molar-refractivity contribution in [3.63, 3.8) is 0 Å². The number of rotatable bonds is 6. The predicted molar refractivity (Wildman–Crippen MR) is 166 cm³/mol. The second kappa shape index (κ2) is 11.2. The molecule has 8 nitrogen and oxygen atoms in total. The molecule has 0 radical (unpaired) electrons. The van der Waals surface area contributed by atoms with E-state index in [0.717, 1.165) is 40.8 Å². The minimum Gasteiger partial charge on any atom is -0.497 e. The molecule has 8 heteroatoms. The van der Waals surface area contributed by atoms with Gasteiger partial charge in [0.1, 0.15) is 11.3 Å². The Labute approximate surface area is 252 Å². The summed E-state index contributed by atoms with van der Waals surface area (Å²) in [7, 11) is 1.68. The molecule has 226 valence electrons. The average molecular weight is 584 g/mol. The maximum Gasteiger partial charge on any atom is 0.341 e. The molecule has 1 saturated carbocycles. The molecule has 0 saturated heterocycles. The highest BCUT2D eigenvalue weighted by molar-refractivity contribution is 5.97. The summed E-state index contributed by atoms with van der Waals surface area (Å²) < 4.78 is 15.4. The lowest BCUT2D eigenvalue weighted by atomic mass is 9.77. The van der Waals surface area contributed by atoms with E-state index in [2.05, 4.69) is 43.6 Å². The standard InChI is InChI=1S/C35H41N3O5/c1-6-43-34(41)28-19-36-38(35(2,3)4)31(28)24-16-23-17-25(42-5)13-15-26(23)32-30(21-10-8-7-9-11-21)27-14-12-22(33(39)40)18-29(27)37(32)20-24/h12-19,21,23,26H,6-11,20H2,1-5H3,(H,39,40). The zero-order chi connectivity index (χ0) is 30.5. The van der Waals surface area contributed by atoms with Crippen LogP contribution in [0.4, 0.5) is 0 Å². The molecule has 2 unspecified atom stereocenters. The van der Waals surface area contributed by atoms with Gasteiger partial charge in [-0.05, 0) is 81.9 Å². The van der Waals surface area contributed by atoms with Crippen LogP contribution in [0.2, 0.25) is 0 Å². The lowest BCUT2D eigenvalue weighted by Crippen LogP contribution is -2.26. The average Bonchev–Trinajstić information content (AvgIpc) is 3.53. The second-order valence-corrected chi connectivity index (χ2v) is 12.9. The Morgan fingerprint density at radius 3 is 2.56 bits per heavy atom. The molecule has 3 aliphatic rings. The fraction of sp³-hybridized carbons (Fsp3) is 0.457. The van der Waals surface area contributed by atoms with Gasteiger partial charge in [-0.2, -0.15) is 5.10 Å². The molecule has 2 aromatic heterocycles. The van der Waals surface area contributed by atoms with Gasteiger partial charge in [0.15, 0.2) is 0 Å². The topological polar surface area (TPSA) is 95.6 Å². The van der Waals surface area contributed by atoms with Crippen LogP contribution in [-0.2, 0) is 21.6 Å². The second-order valence-electron chi connectivity index (χ2n) is 12.9. The SMILES string of the molecule is CCOC(=O)c1cnn(C(C)(C)C)c1C1=CC2C=C(OC)C=CC2c2c(C3CCCCC3)c3ccc(C(=O)O)cc3n2C1. The molecule has 6 rings (SSSR count). The molecule has 43 heavy (non-hydrogen) atoms. The van der Waals surface area contributed by atoms with E-state index in [-0.39, 0.29) is 24.0 Å². The van der Waals surface area contributed by atoms with E-state index in [1.165, 1.54) is 30.5 Å². The summed E-state index contributed by atoms with van der Waals surface area (Å²) in [5.41, 5.74) is 5.44. The van der Waals surface area contributed by atoms with Gasteiger partial charge in [0.25, 0.3) is 0 Å². The molecule has 2 atom stereocenters. The molecule has 2 aliphatic carbocycles. The first-order chi connectivity index (χ1) is 20.6. The van der Waals surface area contributed by atoms with Gasteiger partial charge in [-0.1, -0.05) is 37.5 Å². The number of carbonyl (C=O) groups is 2. The van der Waals surface area contributed by atoms with Crippen molar-refractivity contribution >= 4 is 28.4 Å². The van der Waals surface area contributed by atoms with Crippen LogP contribution in [0.3, 0.4) is 0 Å². The number of hydrogen-bond acceptors (Lipinski definition) is 5. The molecule has 1 N–H and O–H groups in total. The summed E-state index contributed by atoms with van der Waals surface area (Å²) in [6.45, 7) is 8.75. The van der Waals surface area contributed by atoms with Crippen molar-refractivity contribution in [2.24, 2.45) is 5.92 Å². The minimum absolute atomic E-state index is 0.0195. The third-order valence-electron chi connectivity index (χ3n) is 9.12. The highest BCUT2D eigenvalue weighted by Crippen LogP contribution is 2.49. The number of nitrogens with zero attached hydrogens (tertiary/aromatic N) is 3. The summed E-state index contributed by atoms with van der Waals surface area (Å²) in [5, 5.41) is 15.8. The van der Waals surface area contributed by atoms with Crippen molar-refractivity contribution in [2.45, 2.75) is 83.7 Å². The van der Waals surface area contributed by atoms with Crippen molar-refractivity contribution < 1.29 is 24.2 Å². The number of ether oxygens (including phenoxy) is 2. The maximum atomic E-state index is 13.3. The van der Waals surface area contributed by atoms with Gasteiger partial charge < -0.3 is 19.1 Å². The highest BCUT2D eigenvalue weighted by atomic mass is 16.5. The van der Waals surface area contributed by atoms with Crippen LogP contribution in [0, 0.1) is 5.92 Å². The molecular weight excluding hydrogens is 542 g/mol. The molecule has 0 spiro atoms. The monoisotopic (exact) mass is 583 g/mol. The number of carbonyl (C=O) groups excluding carboxylic acids is 1. The first kappa shape index (κ1) is 29.0. The summed E-state index contributed by atoms with van der Waals surface area (Å²) in [6, 6.07) is 5.56. The van der Waals surface area contributed by atoms with Crippen molar-refractivity contribution in [1.29, 1.82) is 0 Å². The van der Waals surface area contributed by atoms with Gasteiger partial charge in [0, 0.05) is 35.0 Å². The van der Waals surface area contributed by atoms with E-state index in [1.807, 2.05) is 22.9 Å². The van der Waals surface area contributed by atoms with E-state index in [9.17, 15) is 14.7 Å². The number of carboxylic acid groups (broad SMARTS) is 1. The Morgan fingerprint density at radius 1 is 1.12 bits per heavy atom. The van der Waals surface area contributed by atoms with Crippen LogP contribution >= 0.6 is 0 Å². The van der Waals surface area contributed by atoms with Crippen molar-refractivity contribution in [1.82, 2.24) is 14.3 Å². The van der Waals surface area contributed by atoms with Crippen molar-refractivity contribution in [2.75, 3.05) is 13.7 Å². The van der Waals surface area contributed by atoms with Gasteiger partial charge in [-0.15, -0.1) is 0 Å². The van der Waals surface area contributed by atoms with E-state index in [1.54, 1.807) is 26.3 Å². The van der Waals surface area contributed by atoms with Gasteiger partial charge in [-0.3, -0.25) is 4.68 Å². The summed E-state index contributed by atoms with van der Waals surface area (Å²) >= 11 is 0. The molecule has 0 bridgehead atoms. The number of aromatic nitrogens is 3. The van der Waals surface area contributed by atoms with Crippen LogP contribution in [0.15, 0.2) is 54.5 Å². The number of fused-ring (bicyclic) bond motifs is 5. The maximum absolute atomic E-state index is 13.3. The largest absolute Gasteiger partial charge is 0.497 e. The number of hydrogen-bond donors (Lipinski definition) is 1. The minimum atomic E-state index is -0.945. The van der Waals surface area contributed by atoms with Crippen molar-refractivity contribution in [3.05, 3.63) is 82.5 Å². The summed E-state index contributed by atoms with van der Waals surface area (Å²) in [6.07, 6.45) is 16.2. The third kappa shape index (κ3) is 5.11. The Morgan fingerprint density at radius 2 is 1.88 bits per heavy atom. The molecule has 1 aromatic carbocycles. The molecular formula is C35H41N3O5. The molecule has 3 aromatic rings. The first-order valence-corrected chi connectivity index (χ1v) is 15.4. The predicted octanol–water partition coefficient (Wildman–Crippen LogP) is 7.41. The van der Waals surface area contributed by atoms with Gasteiger partial charge >= 0.3 is 11.9 Å². The summed E-state index contributed by atoms with van der Waals surface area (Å²) in [4.78, 5) is 25.4. The molecule has 1 aliphatic heterocycles. The highest BCUT2D eigenvalue weighted by Gasteiger charge is 2.37. The van der Waals surface area contributed by atoms with E-state index in [0.29, 0.717) is 18.0 Å². The lowest BCUT2D eigenvalue weighted by Gasteiger charge is -2.28. The number of benzene rings is 1. The van der Waals surface area contributed by atoms with Crippen LogP contribution in [0.1, 0.15) is 109 Å². The number of methoxy groups -OCH3 is 1. The van der Waals surface area contributed by atoms with Crippen molar-refractivity contribution in [3.8, 4) is 0 Å². The smallest absolute Gasteiger partial charge is 0.341 e. The summed E-state index contributed by atoms with van der Waals surface area (Å²) in [5.74, 6) is -0.170. The fourth-order valence-electron chi connectivity index (χ4n) is 7.25. The van der Waals surface area contributed by atoms with E-state index in [4.69, 9.17) is 14.6 Å². The van der Waals surface area contributed by atoms with Crippen LogP contribution in [0.25, 0.3) is 16.5 Å². The number of carboxylic acids is 1. The van der Waals surface area contributed by atoms with Crippen LogP contribution < -0.4 is 0 Å². The zero-order valence-electron chi connectivity index (χ0n) is 25.7. The zero-order valence-corrected chi connectivity index (χ0v) is 25.7. The first-order valence-electron chi connectivity index (χ1n) is 15.4. The number of allylic oxidation sites excluding steroid dienone is 5. The molecule has 0 amide bonds. The quantitative estimate of drug-likeness (QED) is 0.304. The number of aromatic carboxylic acids is 1. The molecule has 3 heterocycles. The van der Waals surface area contributed by atoms with Gasteiger partial charge in [0.05, 0.1) is 36.7 Å².